The summed E-state index contributed by atoms with van der Waals surface area (Å²) in [6.45, 7) is 0. The van der Waals surface area contributed by atoms with E-state index in [0.29, 0.717) is 0 Å². The highest BCUT2D eigenvalue weighted by Gasteiger charge is 2.18. The van der Waals surface area contributed by atoms with Crippen molar-refractivity contribution in [2.45, 2.75) is 4.90 Å². The fourth-order valence-electron chi connectivity index (χ4n) is 1.62. The van der Waals surface area contributed by atoms with Gasteiger partial charge in [-0.15, -0.1) is 0 Å². The smallest absolute Gasteiger partial charge is 0.337 e. The summed E-state index contributed by atoms with van der Waals surface area (Å²) in [6.07, 6.45) is 0. The Morgan fingerprint density at radius 2 is 1.71 bits per heavy atom. The number of carboxylic acid groups (broad SMARTS) is 1. The van der Waals surface area contributed by atoms with Crippen LogP contribution >= 0.6 is 15.9 Å². The molecule has 0 amide bonds. The first-order chi connectivity index (χ1) is 9.79. The molecule has 2 rings (SSSR count). The number of nitrogens with one attached hydrogen (secondary N) is 1. The summed E-state index contributed by atoms with van der Waals surface area (Å²) in [5, 5.41) is 18.3. The van der Waals surface area contributed by atoms with Gasteiger partial charge in [-0.1, -0.05) is 15.9 Å². The van der Waals surface area contributed by atoms with Crippen LogP contribution in [0.2, 0.25) is 0 Å². The van der Waals surface area contributed by atoms with Gasteiger partial charge in [-0.25, -0.2) is 13.2 Å². The molecule has 0 unspecified atom stereocenters. The van der Waals surface area contributed by atoms with Gasteiger partial charge in [-0.3, -0.25) is 4.72 Å². The molecule has 0 aliphatic carbocycles. The minimum absolute atomic E-state index is 0.00452. The maximum Gasteiger partial charge on any atom is 0.337 e. The number of carbonyl (C=O) groups is 1. The van der Waals surface area contributed by atoms with E-state index in [1.165, 1.54) is 24.3 Å². The summed E-state index contributed by atoms with van der Waals surface area (Å²) in [5.41, 5.74) is -0.459. The van der Waals surface area contributed by atoms with E-state index in [0.717, 1.165) is 10.5 Å². The van der Waals surface area contributed by atoms with Crippen molar-refractivity contribution in [2.75, 3.05) is 4.72 Å². The van der Waals surface area contributed by atoms with Gasteiger partial charge in [0, 0.05) is 4.47 Å². The Bertz CT molecular complexity index is 787. The third-order valence-electron chi connectivity index (χ3n) is 2.60. The number of halogens is 1. The number of sulfonamides is 1. The lowest BCUT2D eigenvalue weighted by molar-refractivity contribution is 0.0697. The van der Waals surface area contributed by atoms with E-state index >= 15 is 0 Å². The molecule has 0 atom stereocenters. The van der Waals surface area contributed by atoms with Gasteiger partial charge in [0.05, 0.1) is 16.1 Å². The first kappa shape index (κ1) is 15.3. The van der Waals surface area contributed by atoms with Gasteiger partial charge in [0.25, 0.3) is 10.0 Å². The van der Waals surface area contributed by atoms with Crippen LogP contribution in [0.15, 0.2) is 51.8 Å². The van der Waals surface area contributed by atoms with Gasteiger partial charge in [-0.05, 0) is 42.5 Å². The first-order valence-electron chi connectivity index (χ1n) is 5.64. The van der Waals surface area contributed by atoms with E-state index in [1.54, 1.807) is 12.1 Å². The zero-order chi connectivity index (χ0) is 15.6. The molecule has 21 heavy (non-hydrogen) atoms. The molecule has 0 aliphatic heterocycles. The second kappa shape index (κ2) is 5.74. The molecule has 2 aromatic rings. The van der Waals surface area contributed by atoms with Crippen LogP contribution in [0.4, 0.5) is 5.69 Å². The average molecular weight is 372 g/mol. The molecule has 6 nitrogen and oxygen atoms in total. The Kier molecular flexibility index (Phi) is 4.19. The molecule has 0 bridgehead atoms. The highest BCUT2D eigenvalue weighted by atomic mass is 79.9. The van der Waals surface area contributed by atoms with Crippen LogP contribution in [0.25, 0.3) is 0 Å². The number of carboxylic acids is 1. The van der Waals surface area contributed by atoms with Gasteiger partial charge in [0.1, 0.15) is 5.75 Å². The molecule has 0 spiro atoms. The monoisotopic (exact) mass is 371 g/mol. The van der Waals surface area contributed by atoms with Crippen molar-refractivity contribution in [3.63, 3.8) is 0 Å². The summed E-state index contributed by atoms with van der Waals surface area (Å²) >= 11 is 3.20. The van der Waals surface area contributed by atoms with E-state index < -0.39 is 16.0 Å². The van der Waals surface area contributed by atoms with Gasteiger partial charge >= 0.3 is 5.97 Å². The Morgan fingerprint density at radius 1 is 1.10 bits per heavy atom. The Balaban J connectivity index is 2.41. The summed E-state index contributed by atoms with van der Waals surface area (Å²) in [5.74, 6) is -1.61. The van der Waals surface area contributed by atoms with Crippen molar-refractivity contribution in [1.29, 1.82) is 0 Å². The molecular formula is C13H10BrNO5S. The minimum atomic E-state index is -3.91. The van der Waals surface area contributed by atoms with Crippen LogP contribution < -0.4 is 4.72 Å². The van der Waals surface area contributed by atoms with Crippen LogP contribution in [0.3, 0.4) is 0 Å². The number of phenols is 1. The van der Waals surface area contributed by atoms with Gasteiger partial charge < -0.3 is 10.2 Å². The van der Waals surface area contributed by atoms with Crippen molar-refractivity contribution in [1.82, 2.24) is 0 Å². The Hall–Kier alpha value is -2.06. The maximum absolute atomic E-state index is 12.2. The van der Waals surface area contributed by atoms with Crippen molar-refractivity contribution in [3.05, 3.63) is 52.5 Å². The molecule has 0 heterocycles. The van der Waals surface area contributed by atoms with Gasteiger partial charge in [-0.2, -0.15) is 0 Å². The van der Waals surface area contributed by atoms with Crippen LogP contribution in [-0.4, -0.2) is 24.6 Å². The number of anilines is 1. The third kappa shape index (κ3) is 3.53. The molecule has 0 radical (unpaired) electrons. The zero-order valence-electron chi connectivity index (χ0n) is 10.4. The molecular weight excluding hydrogens is 362 g/mol. The lowest BCUT2D eigenvalue weighted by Gasteiger charge is -2.11. The fourth-order valence-corrected chi connectivity index (χ4v) is 2.96. The maximum atomic E-state index is 12.2. The largest absolute Gasteiger partial charge is 0.508 e. The van der Waals surface area contributed by atoms with Gasteiger partial charge in [0.15, 0.2) is 0 Å². The Morgan fingerprint density at radius 3 is 2.29 bits per heavy atom. The van der Waals surface area contributed by atoms with Crippen molar-refractivity contribution >= 4 is 37.6 Å². The SMILES string of the molecule is O=C(O)c1cc(O)ccc1NS(=O)(=O)c1ccc(Br)cc1. The van der Waals surface area contributed by atoms with Crippen LogP contribution in [0.1, 0.15) is 10.4 Å². The highest BCUT2D eigenvalue weighted by Crippen LogP contribution is 2.24. The lowest BCUT2D eigenvalue weighted by Crippen LogP contribution is -2.15. The predicted octanol–water partition coefficient (Wildman–Crippen LogP) is 2.65. The van der Waals surface area contributed by atoms with E-state index in [1.807, 2.05) is 0 Å². The number of aromatic carboxylic acids is 1. The molecule has 0 aliphatic rings. The lowest BCUT2D eigenvalue weighted by atomic mass is 10.2. The number of benzene rings is 2. The molecule has 8 heteroatoms. The molecule has 0 aromatic heterocycles. The molecule has 0 saturated heterocycles. The molecule has 0 fully saturated rings. The topological polar surface area (TPSA) is 104 Å². The fraction of sp³-hybridized carbons (Fsp3) is 0. The van der Waals surface area contributed by atoms with Crippen molar-refractivity contribution in [3.8, 4) is 5.75 Å². The molecule has 3 N–H and O–H groups in total. The zero-order valence-corrected chi connectivity index (χ0v) is 12.8. The number of rotatable bonds is 4. The molecule has 0 saturated carbocycles. The summed E-state index contributed by atoms with van der Waals surface area (Å²) in [4.78, 5) is 11.1. The first-order valence-corrected chi connectivity index (χ1v) is 7.92. The second-order valence-corrected chi connectivity index (χ2v) is 6.69. The summed E-state index contributed by atoms with van der Waals surface area (Å²) in [7, 11) is -3.91. The van der Waals surface area contributed by atoms with Crippen LogP contribution in [0.5, 0.6) is 5.75 Å². The second-order valence-electron chi connectivity index (χ2n) is 4.09. The molecule has 2 aromatic carbocycles. The summed E-state index contributed by atoms with van der Waals surface area (Å²) in [6, 6.07) is 9.25. The Labute approximate surface area is 129 Å². The van der Waals surface area contributed by atoms with E-state index in [4.69, 9.17) is 5.11 Å². The number of phenolic OH excluding ortho intramolecular Hbond substituents is 1. The van der Waals surface area contributed by atoms with Crippen molar-refractivity contribution in [2.24, 2.45) is 0 Å². The highest BCUT2D eigenvalue weighted by molar-refractivity contribution is 9.10. The number of hydrogen-bond donors (Lipinski definition) is 3. The number of hydrogen-bond acceptors (Lipinski definition) is 4. The van der Waals surface area contributed by atoms with Gasteiger partial charge in [0.2, 0.25) is 0 Å². The van der Waals surface area contributed by atoms with E-state index in [9.17, 15) is 18.3 Å². The third-order valence-corrected chi connectivity index (χ3v) is 4.51. The number of aromatic hydroxyl groups is 1. The standard InChI is InChI=1S/C13H10BrNO5S/c14-8-1-4-10(5-2-8)21(19,20)15-12-6-3-9(16)7-11(12)13(17)18/h1-7,15-16H,(H,17,18). The molecule has 110 valence electrons. The summed E-state index contributed by atoms with van der Waals surface area (Å²) < 4.78 is 27.3. The van der Waals surface area contributed by atoms with E-state index in [-0.39, 0.29) is 21.9 Å². The van der Waals surface area contributed by atoms with Crippen LogP contribution in [0, 0.1) is 0 Å². The normalized spacial score (nSPS) is 11.1. The van der Waals surface area contributed by atoms with Crippen LogP contribution in [-0.2, 0) is 10.0 Å². The minimum Gasteiger partial charge on any atom is -0.508 e. The quantitative estimate of drug-likeness (QED) is 0.716. The average Bonchev–Trinajstić information content (AvgIpc) is 2.41. The van der Waals surface area contributed by atoms with E-state index in [2.05, 4.69) is 20.7 Å². The van der Waals surface area contributed by atoms with Crippen molar-refractivity contribution < 1.29 is 23.4 Å². The predicted molar refractivity (Wildman–Crippen MR) is 80.0 cm³/mol.